The molecule has 1 atom stereocenters. The van der Waals surface area contributed by atoms with Gasteiger partial charge in [-0.05, 0) is 43.4 Å². The van der Waals surface area contributed by atoms with E-state index < -0.39 is 0 Å². The highest BCUT2D eigenvalue weighted by molar-refractivity contribution is 6.02. The predicted octanol–water partition coefficient (Wildman–Crippen LogP) is 2.17. The molecule has 7 heteroatoms. The second-order valence-corrected chi connectivity index (χ2v) is 7.68. The third kappa shape index (κ3) is 3.49. The van der Waals surface area contributed by atoms with E-state index in [9.17, 15) is 4.79 Å². The standard InChI is InChI=1S/C21H26N6O/c22-19(27-18(28)17-4-1-2-11-24-17)21(9-3-10-21)16-7-5-14(6-8-16)15-12-25-20(23)26-13-15/h5-8,12-13,17,24H,1-4,9-11H2,(H2,22,27,28)(H2,23,25,26)/t17-/m1/s1. The third-order valence-electron chi connectivity index (χ3n) is 5.98. The lowest BCUT2D eigenvalue weighted by molar-refractivity contribution is -0.120. The SMILES string of the molecule is NC(=NC(=O)[C@H]1CCCCN1)C1(c2ccc(-c3cnc(N)nc3)cc2)CCC1. The number of piperidine rings is 1. The van der Waals surface area contributed by atoms with Gasteiger partial charge in [-0.2, -0.15) is 4.99 Å². The van der Waals surface area contributed by atoms with Crippen molar-refractivity contribution in [3.8, 4) is 11.1 Å². The lowest BCUT2D eigenvalue weighted by atomic mass is 9.63. The van der Waals surface area contributed by atoms with Crippen LogP contribution in [0.25, 0.3) is 11.1 Å². The van der Waals surface area contributed by atoms with Gasteiger partial charge in [0.15, 0.2) is 0 Å². The number of hydrogen-bond donors (Lipinski definition) is 3. The predicted molar refractivity (Wildman–Crippen MR) is 110 cm³/mol. The van der Waals surface area contributed by atoms with Crippen LogP contribution in [0.4, 0.5) is 5.95 Å². The number of anilines is 1. The summed E-state index contributed by atoms with van der Waals surface area (Å²) in [4.78, 5) is 24.9. The van der Waals surface area contributed by atoms with Crippen molar-refractivity contribution in [1.82, 2.24) is 15.3 Å². The Morgan fingerprint density at radius 2 is 1.79 bits per heavy atom. The number of aliphatic imine (C=N–C) groups is 1. The van der Waals surface area contributed by atoms with E-state index in [1.807, 2.05) is 12.1 Å². The molecule has 4 rings (SSSR count). The number of benzene rings is 1. The maximum atomic E-state index is 12.5. The normalized spacial score (nSPS) is 21.7. The second-order valence-electron chi connectivity index (χ2n) is 7.68. The highest BCUT2D eigenvalue weighted by Crippen LogP contribution is 2.44. The van der Waals surface area contributed by atoms with Crippen LogP contribution >= 0.6 is 0 Å². The number of hydrogen-bond acceptors (Lipinski definition) is 5. The van der Waals surface area contributed by atoms with Gasteiger partial charge in [0.05, 0.1) is 11.5 Å². The van der Waals surface area contributed by atoms with E-state index in [0.29, 0.717) is 5.84 Å². The molecule has 0 spiro atoms. The Hall–Kier alpha value is -2.80. The molecule has 1 aromatic carbocycles. The molecule has 7 nitrogen and oxygen atoms in total. The number of rotatable bonds is 4. The van der Waals surface area contributed by atoms with E-state index in [4.69, 9.17) is 11.5 Å². The monoisotopic (exact) mass is 378 g/mol. The van der Waals surface area contributed by atoms with Crippen LogP contribution in [0.2, 0.25) is 0 Å². The van der Waals surface area contributed by atoms with E-state index in [1.54, 1.807) is 12.4 Å². The quantitative estimate of drug-likeness (QED) is 0.554. The molecular weight excluding hydrogens is 352 g/mol. The van der Waals surface area contributed by atoms with E-state index in [0.717, 1.165) is 61.8 Å². The highest BCUT2D eigenvalue weighted by Gasteiger charge is 2.43. The van der Waals surface area contributed by atoms with Gasteiger partial charge < -0.3 is 16.8 Å². The van der Waals surface area contributed by atoms with Gasteiger partial charge in [0.25, 0.3) is 5.91 Å². The maximum Gasteiger partial charge on any atom is 0.264 e. The van der Waals surface area contributed by atoms with Crippen molar-refractivity contribution in [2.75, 3.05) is 12.3 Å². The van der Waals surface area contributed by atoms with Crippen LogP contribution in [-0.2, 0) is 10.2 Å². The van der Waals surface area contributed by atoms with Crippen LogP contribution in [0.15, 0.2) is 41.7 Å². The Morgan fingerprint density at radius 3 is 2.36 bits per heavy atom. The molecule has 1 aliphatic heterocycles. The molecule has 0 radical (unpaired) electrons. The average Bonchev–Trinajstić information content (AvgIpc) is 2.69. The van der Waals surface area contributed by atoms with Gasteiger partial charge >= 0.3 is 0 Å². The molecule has 2 aliphatic rings. The third-order valence-corrected chi connectivity index (χ3v) is 5.98. The average molecular weight is 378 g/mol. The first-order chi connectivity index (χ1) is 13.6. The Labute approximate surface area is 164 Å². The number of carbonyl (C=O) groups is 1. The van der Waals surface area contributed by atoms with Crippen molar-refractivity contribution >= 4 is 17.7 Å². The molecule has 2 fully saturated rings. The van der Waals surface area contributed by atoms with E-state index in [1.165, 1.54) is 0 Å². The molecule has 146 valence electrons. The molecule has 28 heavy (non-hydrogen) atoms. The lowest BCUT2D eigenvalue weighted by Gasteiger charge is -2.42. The summed E-state index contributed by atoms with van der Waals surface area (Å²) in [5.41, 5.74) is 14.6. The molecule has 1 aromatic heterocycles. The number of nitrogens with zero attached hydrogens (tertiary/aromatic N) is 3. The topological polar surface area (TPSA) is 119 Å². The number of nitrogens with one attached hydrogen (secondary N) is 1. The van der Waals surface area contributed by atoms with E-state index in [-0.39, 0.29) is 23.3 Å². The van der Waals surface area contributed by atoms with Crippen LogP contribution in [0, 0.1) is 0 Å². The van der Waals surface area contributed by atoms with Gasteiger partial charge in [0.1, 0.15) is 5.84 Å². The molecule has 2 aromatic rings. The molecule has 1 saturated heterocycles. The molecule has 0 bridgehead atoms. The van der Waals surface area contributed by atoms with E-state index in [2.05, 4.69) is 32.4 Å². The summed E-state index contributed by atoms with van der Waals surface area (Å²) in [6.45, 7) is 0.868. The van der Waals surface area contributed by atoms with Crippen LogP contribution in [0.3, 0.4) is 0 Å². The van der Waals surface area contributed by atoms with E-state index >= 15 is 0 Å². The first kappa shape index (κ1) is 18.6. The molecular formula is C21H26N6O. The first-order valence-electron chi connectivity index (χ1n) is 9.89. The van der Waals surface area contributed by atoms with Gasteiger partial charge in [-0.3, -0.25) is 4.79 Å². The zero-order valence-electron chi connectivity index (χ0n) is 15.9. The minimum atomic E-state index is -0.333. The summed E-state index contributed by atoms with van der Waals surface area (Å²) in [6.07, 6.45) is 9.33. The molecule has 1 aliphatic carbocycles. The second kappa shape index (κ2) is 7.67. The summed E-state index contributed by atoms with van der Waals surface area (Å²) in [7, 11) is 0. The Kier molecular flexibility index (Phi) is 5.09. The number of carbonyl (C=O) groups excluding carboxylic acids is 1. The minimum absolute atomic E-state index is 0.140. The number of nitrogens with two attached hydrogens (primary N) is 2. The largest absolute Gasteiger partial charge is 0.386 e. The number of nitrogen functional groups attached to an aromatic ring is 1. The summed E-state index contributed by atoms with van der Waals surface area (Å²) in [6, 6.07) is 7.99. The van der Waals surface area contributed by atoms with Crippen molar-refractivity contribution in [1.29, 1.82) is 0 Å². The van der Waals surface area contributed by atoms with Crippen molar-refractivity contribution in [3.05, 3.63) is 42.2 Å². The van der Waals surface area contributed by atoms with Gasteiger partial charge in [0.2, 0.25) is 5.95 Å². The fraction of sp³-hybridized carbons (Fsp3) is 0.429. The maximum absolute atomic E-state index is 12.5. The molecule has 5 N–H and O–H groups in total. The number of amidine groups is 1. The van der Waals surface area contributed by atoms with Gasteiger partial charge in [0, 0.05) is 18.0 Å². The van der Waals surface area contributed by atoms with Crippen molar-refractivity contribution in [2.24, 2.45) is 10.7 Å². The summed E-state index contributed by atoms with van der Waals surface area (Å²) in [5, 5.41) is 3.25. The fourth-order valence-corrected chi connectivity index (χ4v) is 4.06. The highest BCUT2D eigenvalue weighted by atomic mass is 16.1. The molecule has 1 saturated carbocycles. The summed E-state index contributed by atoms with van der Waals surface area (Å²) >= 11 is 0. The zero-order chi connectivity index (χ0) is 19.6. The Morgan fingerprint density at radius 1 is 1.07 bits per heavy atom. The number of aromatic nitrogens is 2. The Balaban J connectivity index is 1.56. The molecule has 1 amide bonds. The van der Waals surface area contributed by atoms with Crippen molar-refractivity contribution < 1.29 is 4.79 Å². The summed E-state index contributed by atoms with van der Waals surface area (Å²) in [5.74, 6) is 0.564. The summed E-state index contributed by atoms with van der Waals surface area (Å²) < 4.78 is 0. The molecule has 0 unspecified atom stereocenters. The zero-order valence-corrected chi connectivity index (χ0v) is 15.9. The van der Waals surface area contributed by atoms with Crippen molar-refractivity contribution in [3.63, 3.8) is 0 Å². The van der Waals surface area contributed by atoms with Crippen LogP contribution < -0.4 is 16.8 Å². The van der Waals surface area contributed by atoms with Crippen LogP contribution in [0.1, 0.15) is 44.1 Å². The fourth-order valence-electron chi connectivity index (χ4n) is 4.06. The van der Waals surface area contributed by atoms with Gasteiger partial charge in [-0.15, -0.1) is 0 Å². The van der Waals surface area contributed by atoms with Crippen LogP contribution in [-0.4, -0.2) is 34.3 Å². The van der Waals surface area contributed by atoms with Gasteiger partial charge in [-0.25, -0.2) is 9.97 Å². The number of amides is 1. The Bertz CT molecular complexity index is 865. The van der Waals surface area contributed by atoms with Crippen molar-refractivity contribution in [2.45, 2.75) is 50.0 Å². The van der Waals surface area contributed by atoms with Crippen LogP contribution in [0.5, 0.6) is 0 Å². The first-order valence-corrected chi connectivity index (χ1v) is 9.89. The molecule has 2 heterocycles. The minimum Gasteiger partial charge on any atom is -0.386 e. The lowest BCUT2D eigenvalue weighted by Crippen LogP contribution is -2.48. The van der Waals surface area contributed by atoms with Gasteiger partial charge in [-0.1, -0.05) is 37.1 Å². The smallest absolute Gasteiger partial charge is 0.264 e.